The quantitative estimate of drug-likeness (QED) is 0.144. The standard InChI is InChI=1S/C34H38F2N6OS/c1-4-13-42(14-5-2)30-20-26(19-29(39-30)33-38-12-15-44-33)32(43)41-34(31(40-34)25-17-27(35)21-28(36)18-25)10-11-37-22-24-9-7-8-23(6-3)16-24/h7-9,12,15-21,37H,4-6,10-11,13-14,22H2,1-3H3,(H,41,43)/t34-/m1/s1. The highest BCUT2D eigenvalue weighted by Crippen LogP contribution is 2.35. The molecule has 0 aliphatic carbocycles. The molecule has 2 aromatic carbocycles. The minimum Gasteiger partial charge on any atom is -0.357 e. The fraction of sp³-hybridized carbons (Fsp3) is 0.353. The Kier molecular flexibility index (Phi) is 10.1. The molecule has 0 bridgehead atoms. The number of carbonyl (C=O) groups is 1. The van der Waals surface area contributed by atoms with Crippen molar-refractivity contribution in [1.29, 1.82) is 0 Å². The van der Waals surface area contributed by atoms with Gasteiger partial charge >= 0.3 is 0 Å². The average molecular weight is 617 g/mol. The molecule has 0 saturated carbocycles. The van der Waals surface area contributed by atoms with E-state index in [-0.39, 0.29) is 5.91 Å². The Bertz CT molecular complexity index is 1600. The predicted octanol–water partition coefficient (Wildman–Crippen LogP) is 6.78. The van der Waals surface area contributed by atoms with Gasteiger partial charge in [-0.3, -0.25) is 9.79 Å². The van der Waals surface area contributed by atoms with E-state index in [1.165, 1.54) is 29.0 Å². The lowest BCUT2D eigenvalue weighted by Crippen LogP contribution is -2.44. The summed E-state index contributed by atoms with van der Waals surface area (Å²) in [4.78, 5) is 30.0. The van der Waals surface area contributed by atoms with Crippen LogP contribution >= 0.6 is 11.3 Å². The van der Waals surface area contributed by atoms with E-state index >= 15 is 0 Å². The van der Waals surface area contributed by atoms with Crippen molar-refractivity contribution in [2.45, 2.75) is 58.7 Å². The van der Waals surface area contributed by atoms with E-state index in [1.54, 1.807) is 18.3 Å². The van der Waals surface area contributed by atoms with Crippen LogP contribution in [0.25, 0.3) is 10.7 Å². The SMILES string of the molecule is CCCN(CCC)c1cc(C(=O)N[C@@]2(CCNCc3cccc(CC)c3)N=C2c2cc(F)cc(F)c2)cc(-c2nccs2)n1. The van der Waals surface area contributed by atoms with E-state index in [4.69, 9.17) is 4.98 Å². The number of halogens is 2. The third-order valence-electron chi connectivity index (χ3n) is 7.53. The first-order valence-electron chi connectivity index (χ1n) is 15.2. The Labute approximate surface area is 261 Å². The van der Waals surface area contributed by atoms with Gasteiger partial charge in [0.1, 0.15) is 28.2 Å². The molecule has 4 aromatic rings. The highest BCUT2D eigenvalue weighted by molar-refractivity contribution is 7.13. The van der Waals surface area contributed by atoms with Crippen molar-refractivity contribution in [2.75, 3.05) is 24.5 Å². The van der Waals surface area contributed by atoms with Crippen molar-refractivity contribution in [3.05, 3.63) is 100 Å². The molecule has 0 spiro atoms. The fourth-order valence-corrected chi connectivity index (χ4v) is 5.95. The minimum atomic E-state index is -1.09. The number of benzene rings is 2. The first-order valence-corrected chi connectivity index (χ1v) is 16.1. The summed E-state index contributed by atoms with van der Waals surface area (Å²) in [5.74, 6) is -1.02. The van der Waals surface area contributed by atoms with Crippen LogP contribution in [0.5, 0.6) is 0 Å². The van der Waals surface area contributed by atoms with Gasteiger partial charge in [-0.05, 0) is 61.2 Å². The molecule has 1 aliphatic heterocycles. The van der Waals surface area contributed by atoms with Crippen molar-refractivity contribution < 1.29 is 13.6 Å². The molecule has 0 radical (unpaired) electrons. The van der Waals surface area contributed by atoms with Gasteiger partial charge in [-0.1, -0.05) is 45.0 Å². The van der Waals surface area contributed by atoms with Gasteiger partial charge in [0, 0.05) is 54.8 Å². The van der Waals surface area contributed by atoms with Gasteiger partial charge in [0.15, 0.2) is 5.66 Å². The number of nitrogens with zero attached hydrogens (tertiary/aromatic N) is 4. The number of aromatic nitrogens is 2. The number of pyridine rings is 1. The molecule has 1 atom stereocenters. The first kappa shape index (κ1) is 31.4. The second-order valence-electron chi connectivity index (χ2n) is 11.0. The Morgan fingerprint density at radius 2 is 1.73 bits per heavy atom. The number of rotatable bonds is 15. The molecule has 0 saturated heterocycles. The molecule has 1 amide bonds. The Balaban J connectivity index is 1.40. The molecular formula is C34H38F2N6OS. The van der Waals surface area contributed by atoms with E-state index < -0.39 is 17.3 Å². The Morgan fingerprint density at radius 1 is 0.977 bits per heavy atom. The third-order valence-corrected chi connectivity index (χ3v) is 8.33. The summed E-state index contributed by atoms with van der Waals surface area (Å²) >= 11 is 1.46. The summed E-state index contributed by atoms with van der Waals surface area (Å²) in [7, 11) is 0. The molecule has 3 heterocycles. The van der Waals surface area contributed by atoms with E-state index in [1.807, 2.05) is 11.4 Å². The Morgan fingerprint density at radius 3 is 2.41 bits per heavy atom. The monoisotopic (exact) mass is 616 g/mol. The van der Waals surface area contributed by atoms with Crippen molar-refractivity contribution in [2.24, 2.45) is 4.99 Å². The number of aryl methyl sites for hydroxylation is 1. The zero-order valence-electron chi connectivity index (χ0n) is 25.4. The van der Waals surface area contributed by atoms with Crippen molar-refractivity contribution in [1.82, 2.24) is 20.6 Å². The second kappa shape index (κ2) is 14.2. The summed E-state index contributed by atoms with van der Waals surface area (Å²) in [6.45, 7) is 9.13. The summed E-state index contributed by atoms with van der Waals surface area (Å²) < 4.78 is 28.3. The number of amides is 1. The zero-order chi connectivity index (χ0) is 31.1. The van der Waals surface area contributed by atoms with Crippen molar-refractivity contribution >= 4 is 28.8 Å². The molecule has 2 aromatic heterocycles. The number of carbonyl (C=O) groups excluding carboxylic acids is 1. The van der Waals surface area contributed by atoms with Crippen molar-refractivity contribution in [3.63, 3.8) is 0 Å². The van der Waals surface area contributed by atoms with E-state index in [9.17, 15) is 13.6 Å². The van der Waals surface area contributed by atoms with Crippen LogP contribution in [0.2, 0.25) is 0 Å². The number of aliphatic imine (C=N–C) groups is 1. The molecule has 230 valence electrons. The lowest BCUT2D eigenvalue weighted by molar-refractivity contribution is 0.0932. The maximum absolute atomic E-state index is 14.2. The van der Waals surface area contributed by atoms with Crippen LogP contribution in [0.4, 0.5) is 14.6 Å². The highest BCUT2D eigenvalue weighted by atomic mass is 32.1. The van der Waals surface area contributed by atoms with Gasteiger partial charge in [-0.2, -0.15) is 0 Å². The normalized spacial score (nSPS) is 15.6. The molecule has 0 fully saturated rings. The van der Waals surface area contributed by atoms with E-state index in [0.29, 0.717) is 47.9 Å². The molecule has 10 heteroatoms. The lowest BCUT2D eigenvalue weighted by Gasteiger charge is -2.24. The van der Waals surface area contributed by atoms with Crippen LogP contribution in [0.1, 0.15) is 67.1 Å². The second-order valence-corrected chi connectivity index (χ2v) is 11.9. The van der Waals surface area contributed by atoms with Gasteiger partial charge in [0.25, 0.3) is 5.91 Å². The van der Waals surface area contributed by atoms with Crippen LogP contribution in [0.15, 0.2) is 71.2 Å². The van der Waals surface area contributed by atoms with E-state index in [0.717, 1.165) is 49.0 Å². The lowest BCUT2D eigenvalue weighted by atomic mass is 10.0. The molecule has 0 unspecified atom stereocenters. The van der Waals surface area contributed by atoms with Gasteiger partial charge in [-0.15, -0.1) is 11.3 Å². The molecule has 44 heavy (non-hydrogen) atoms. The fourth-order valence-electron chi connectivity index (χ4n) is 5.35. The minimum absolute atomic E-state index is 0.314. The smallest absolute Gasteiger partial charge is 0.253 e. The van der Waals surface area contributed by atoms with Crippen LogP contribution in [0.3, 0.4) is 0 Å². The molecule has 7 nitrogen and oxygen atoms in total. The third kappa shape index (κ3) is 7.54. The van der Waals surface area contributed by atoms with E-state index in [2.05, 4.69) is 64.5 Å². The summed E-state index contributed by atoms with van der Waals surface area (Å²) in [5, 5.41) is 9.14. The molecule has 2 N–H and O–H groups in total. The van der Waals surface area contributed by atoms with Crippen LogP contribution < -0.4 is 15.5 Å². The van der Waals surface area contributed by atoms with Gasteiger partial charge in [-0.25, -0.2) is 18.7 Å². The van der Waals surface area contributed by atoms with Crippen molar-refractivity contribution in [3.8, 4) is 10.7 Å². The number of hydrogen-bond donors (Lipinski definition) is 2. The number of nitrogens with one attached hydrogen (secondary N) is 2. The first-order chi connectivity index (χ1) is 21.3. The molecular weight excluding hydrogens is 578 g/mol. The predicted molar refractivity (Wildman–Crippen MR) is 173 cm³/mol. The maximum atomic E-state index is 14.2. The van der Waals surface area contributed by atoms with Gasteiger partial charge in [0.2, 0.25) is 0 Å². The zero-order valence-corrected chi connectivity index (χ0v) is 26.2. The highest BCUT2D eigenvalue weighted by Gasteiger charge is 2.49. The summed E-state index contributed by atoms with van der Waals surface area (Å²) in [6, 6.07) is 15.2. The van der Waals surface area contributed by atoms with Gasteiger partial charge < -0.3 is 15.5 Å². The van der Waals surface area contributed by atoms with Gasteiger partial charge in [0.05, 0.1) is 5.71 Å². The van der Waals surface area contributed by atoms with Crippen LogP contribution in [0, 0.1) is 11.6 Å². The Hall–Kier alpha value is -4.02. The van der Waals surface area contributed by atoms with Crippen LogP contribution in [-0.2, 0) is 13.0 Å². The number of hydrogen-bond acceptors (Lipinski definition) is 7. The topological polar surface area (TPSA) is 82.5 Å². The maximum Gasteiger partial charge on any atom is 0.253 e. The molecule has 1 aliphatic rings. The summed E-state index contributed by atoms with van der Waals surface area (Å²) in [6.07, 6.45) is 4.96. The average Bonchev–Trinajstić information content (AvgIpc) is 3.43. The number of thiazole rings is 1. The largest absolute Gasteiger partial charge is 0.357 e. The van der Waals surface area contributed by atoms with Crippen LogP contribution in [-0.4, -0.2) is 46.9 Å². The molecule has 5 rings (SSSR count). The summed E-state index contributed by atoms with van der Waals surface area (Å²) in [5.41, 5.74) is 3.14. The number of anilines is 1.